The zero-order valence-electron chi connectivity index (χ0n) is 14.5. The van der Waals surface area contributed by atoms with E-state index in [-0.39, 0.29) is 24.1 Å². The molecule has 1 aliphatic rings. The van der Waals surface area contributed by atoms with Gasteiger partial charge in [0.05, 0.1) is 23.7 Å². The normalized spacial score (nSPS) is 16.3. The van der Waals surface area contributed by atoms with Crippen LogP contribution in [0.1, 0.15) is 18.2 Å². The summed E-state index contributed by atoms with van der Waals surface area (Å²) >= 11 is 0. The quantitative estimate of drug-likeness (QED) is 0.667. The number of nitrogens with zero attached hydrogens (tertiary/aromatic N) is 2. The number of fused-ring (bicyclic) bond motifs is 1. The summed E-state index contributed by atoms with van der Waals surface area (Å²) in [7, 11) is -3.88. The number of benzene rings is 1. The summed E-state index contributed by atoms with van der Waals surface area (Å²) in [6, 6.07) is 7.93. The number of rotatable bonds is 7. The Labute approximate surface area is 151 Å². The first kappa shape index (κ1) is 18.6. The lowest BCUT2D eigenvalue weighted by Crippen LogP contribution is -2.24. The highest BCUT2D eigenvalue weighted by Gasteiger charge is 2.28. The second-order valence-corrected chi connectivity index (χ2v) is 7.52. The van der Waals surface area contributed by atoms with E-state index in [9.17, 15) is 13.2 Å². The maximum atomic E-state index is 12.3. The first-order valence-corrected chi connectivity index (χ1v) is 9.61. The molecule has 140 valence electrons. The van der Waals surface area contributed by atoms with Crippen molar-refractivity contribution in [3.05, 3.63) is 51.9 Å². The van der Waals surface area contributed by atoms with Crippen molar-refractivity contribution in [1.82, 2.24) is 9.55 Å². The van der Waals surface area contributed by atoms with E-state index >= 15 is 0 Å². The molecule has 2 aromatic rings. The van der Waals surface area contributed by atoms with E-state index in [1.807, 2.05) is 13.8 Å². The van der Waals surface area contributed by atoms with Crippen molar-refractivity contribution in [2.24, 2.45) is 0 Å². The van der Waals surface area contributed by atoms with E-state index in [1.165, 1.54) is 18.2 Å². The first-order chi connectivity index (χ1) is 12.4. The van der Waals surface area contributed by atoms with Gasteiger partial charge in [0, 0.05) is 12.7 Å². The minimum atomic E-state index is -3.88. The molecule has 1 aromatic heterocycles. The van der Waals surface area contributed by atoms with Gasteiger partial charge in [-0.15, -0.1) is 0 Å². The van der Waals surface area contributed by atoms with E-state index in [4.69, 9.17) is 13.7 Å². The molecule has 0 amide bonds. The summed E-state index contributed by atoms with van der Waals surface area (Å²) in [6.07, 6.45) is -0.565. The van der Waals surface area contributed by atoms with Crippen LogP contribution in [0.15, 0.2) is 40.0 Å². The lowest BCUT2D eigenvalue weighted by atomic mass is 10.2. The molecule has 9 heteroatoms. The van der Waals surface area contributed by atoms with Crippen LogP contribution in [0.5, 0.6) is 6.01 Å². The zero-order chi connectivity index (χ0) is 18.7. The van der Waals surface area contributed by atoms with Gasteiger partial charge in [0.2, 0.25) is 0 Å². The van der Waals surface area contributed by atoms with Crippen molar-refractivity contribution in [3.8, 4) is 6.01 Å². The molecule has 0 N–H and O–H groups in total. The van der Waals surface area contributed by atoms with Crippen LogP contribution in [-0.2, 0) is 32.2 Å². The van der Waals surface area contributed by atoms with E-state index in [2.05, 4.69) is 4.98 Å². The molecule has 1 atom stereocenters. The van der Waals surface area contributed by atoms with Gasteiger partial charge >= 0.3 is 6.01 Å². The van der Waals surface area contributed by atoms with Crippen molar-refractivity contribution in [3.63, 3.8) is 0 Å². The van der Waals surface area contributed by atoms with E-state index in [0.29, 0.717) is 18.8 Å². The van der Waals surface area contributed by atoms with E-state index in [0.717, 1.165) is 5.56 Å². The first-order valence-electron chi connectivity index (χ1n) is 8.20. The van der Waals surface area contributed by atoms with Gasteiger partial charge in [-0.1, -0.05) is 17.7 Å². The second kappa shape index (κ2) is 7.56. The topological polar surface area (TPSA) is 96.7 Å². The van der Waals surface area contributed by atoms with Gasteiger partial charge in [-0.05, 0) is 26.0 Å². The van der Waals surface area contributed by atoms with Gasteiger partial charge in [-0.25, -0.2) is 0 Å². The number of hydrogen-bond donors (Lipinski definition) is 0. The SMILES string of the molecule is CCOCc1cc(=O)nc2n1CC(COS(=O)(=O)c1ccc(C)cc1)O2. The molecule has 2 heterocycles. The standard InChI is InChI=1S/C17H20N2O6S/c1-3-23-10-13-8-16(20)18-17-19(13)9-14(25-17)11-24-26(21,22)15-6-4-12(2)5-7-15/h4-8,14H,3,9-11H2,1-2H3. The Kier molecular flexibility index (Phi) is 5.40. The summed E-state index contributed by atoms with van der Waals surface area (Å²) in [5.41, 5.74) is 1.15. The molecule has 3 rings (SSSR count). The molecular weight excluding hydrogens is 360 g/mol. The maximum absolute atomic E-state index is 12.3. The lowest BCUT2D eigenvalue weighted by Gasteiger charge is -2.10. The molecule has 26 heavy (non-hydrogen) atoms. The highest BCUT2D eigenvalue weighted by Crippen LogP contribution is 2.22. The fraction of sp³-hybridized carbons (Fsp3) is 0.412. The van der Waals surface area contributed by atoms with Gasteiger partial charge in [0.25, 0.3) is 15.7 Å². The van der Waals surface area contributed by atoms with Gasteiger partial charge < -0.3 is 9.47 Å². The fourth-order valence-electron chi connectivity index (χ4n) is 2.56. The minimum Gasteiger partial charge on any atom is -0.457 e. The molecule has 1 aromatic carbocycles. The van der Waals surface area contributed by atoms with Crippen LogP contribution in [0.3, 0.4) is 0 Å². The van der Waals surface area contributed by atoms with Crippen LogP contribution in [0.2, 0.25) is 0 Å². The third kappa shape index (κ3) is 4.12. The molecule has 0 spiro atoms. The molecule has 8 nitrogen and oxygen atoms in total. The zero-order valence-corrected chi connectivity index (χ0v) is 15.4. The molecular formula is C17H20N2O6S. The van der Waals surface area contributed by atoms with Gasteiger partial charge in [-0.2, -0.15) is 13.4 Å². The molecule has 0 bridgehead atoms. The predicted octanol–water partition coefficient (Wildman–Crippen LogP) is 1.25. The lowest BCUT2D eigenvalue weighted by molar-refractivity contribution is 0.127. The van der Waals surface area contributed by atoms with Crippen molar-refractivity contribution in [2.75, 3.05) is 13.2 Å². The average molecular weight is 380 g/mol. The summed E-state index contributed by atoms with van der Waals surface area (Å²) in [4.78, 5) is 15.6. The third-order valence-corrected chi connectivity index (χ3v) is 5.20. The van der Waals surface area contributed by atoms with E-state index in [1.54, 1.807) is 16.7 Å². The largest absolute Gasteiger partial charge is 0.457 e. The van der Waals surface area contributed by atoms with Crippen LogP contribution in [0, 0.1) is 6.92 Å². The number of aryl methyl sites for hydroxylation is 1. The second-order valence-electron chi connectivity index (χ2n) is 5.91. The number of aromatic nitrogens is 2. The Balaban J connectivity index is 1.69. The Hall–Kier alpha value is -2.23. The molecule has 0 fully saturated rings. The minimum absolute atomic E-state index is 0.0864. The van der Waals surface area contributed by atoms with Crippen molar-refractivity contribution in [2.45, 2.75) is 38.0 Å². The maximum Gasteiger partial charge on any atom is 0.300 e. The van der Waals surface area contributed by atoms with Gasteiger partial charge in [-0.3, -0.25) is 13.5 Å². The highest BCUT2D eigenvalue weighted by molar-refractivity contribution is 7.86. The summed E-state index contributed by atoms with van der Waals surface area (Å²) in [5.74, 6) is 0. The number of ether oxygens (including phenoxy) is 2. The third-order valence-electron chi connectivity index (χ3n) is 3.90. The van der Waals surface area contributed by atoms with E-state index < -0.39 is 21.8 Å². The molecule has 0 radical (unpaired) electrons. The summed E-state index contributed by atoms with van der Waals surface area (Å²) in [6.45, 7) is 4.63. The van der Waals surface area contributed by atoms with Crippen LogP contribution in [0.25, 0.3) is 0 Å². The van der Waals surface area contributed by atoms with Crippen molar-refractivity contribution < 1.29 is 22.1 Å². The summed E-state index contributed by atoms with van der Waals surface area (Å²) < 4.78 is 42.3. The average Bonchev–Trinajstić information content (AvgIpc) is 3.01. The fourth-order valence-corrected chi connectivity index (χ4v) is 3.49. The molecule has 1 unspecified atom stereocenters. The summed E-state index contributed by atoms with van der Waals surface area (Å²) in [5, 5.41) is 0. The van der Waals surface area contributed by atoms with Crippen LogP contribution >= 0.6 is 0 Å². The Morgan fingerprint density at radius 2 is 2.04 bits per heavy atom. The predicted molar refractivity (Wildman–Crippen MR) is 92.6 cm³/mol. The highest BCUT2D eigenvalue weighted by atomic mass is 32.2. The van der Waals surface area contributed by atoms with Crippen molar-refractivity contribution in [1.29, 1.82) is 0 Å². The molecule has 0 saturated carbocycles. The van der Waals surface area contributed by atoms with Crippen LogP contribution in [-0.4, -0.2) is 37.3 Å². The smallest absolute Gasteiger partial charge is 0.300 e. The van der Waals surface area contributed by atoms with Gasteiger partial charge in [0.15, 0.2) is 0 Å². The molecule has 1 aliphatic heterocycles. The van der Waals surface area contributed by atoms with Crippen molar-refractivity contribution >= 4 is 10.1 Å². The Morgan fingerprint density at radius 3 is 2.73 bits per heavy atom. The van der Waals surface area contributed by atoms with Gasteiger partial charge in [0.1, 0.15) is 12.7 Å². The monoisotopic (exact) mass is 380 g/mol. The Bertz CT molecular complexity index is 937. The number of hydrogen-bond acceptors (Lipinski definition) is 7. The molecule has 0 aliphatic carbocycles. The van der Waals surface area contributed by atoms with Crippen LogP contribution < -0.4 is 10.3 Å². The van der Waals surface area contributed by atoms with Crippen LogP contribution in [0.4, 0.5) is 0 Å². The molecule has 0 saturated heterocycles. The Morgan fingerprint density at radius 1 is 1.31 bits per heavy atom.